The molecule has 0 spiro atoms. The summed E-state index contributed by atoms with van der Waals surface area (Å²) in [6, 6.07) is 0. The summed E-state index contributed by atoms with van der Waals surface area (Å²) in [5.74, 6) is 2.56. The largest absolute Gasteiger partial charge is 0.383 e. The lowest BCUT2D eigenvalue weighted by Gasteiger charge is -2.32. The molecule has 0 aromatic rings. The quantitative estimate of drug-likeness (QED) is 0.543. The molecular weight excluding hydrogens is 230 g/mol. The molecule has 0 unspecified atom stereocenters. The number of rotatable bonds is 12. The standard InChI is InChI=1S/C14H31NOS/c1-5-14(6-2,9-8-12-17-7-3)13-15-10-11-16-4/h15H,5-13H2,1-4H3. The van der Waals surface area contributed by atoms with Gasteiger partial charge in [0, 0.05) is 20.2 Å². The second-order valence-corrected chi connectivity index (χ2v) is 6.07. The summed E-state index contributed by atoms with van der Waals surface area (Å²) in [7, 11) is 1.76. The van der Waals surface area contributed by atoms with Gasteiger partial charge < -0.3 is 10.1 Å². The Kier molecular flexibility index (Phi) is 11.5. The van der Waals surface area contributed by atoms with Crippen LogP contribution in [0.3, 0.4) is 0 Å². The first-order chi connectivity index (χ1) is 8.24. The van der Waals surface area contributed by atoms with Gasteiger partial charge in [-0.1, -0.05) is 20.8 Å². The number of nitrogens with one attached hydrogen (secondary N) is 1. The summed E-state index contributed by atoms with van der Waals surface area (Å²) in [5, 5.41) is 3.54. The molecule has 0 fully saturated rings. The molecule has 2 nitrogen and oxygen atoms in total. The molecule has 0 aliphatic rings. The van der Waals surface area contributed by atoms with Crippen LogP contribution >= 0.6 is 11.8 Å². The van der Waals surface area contributed by atoms with E-state index in [0.717, 1.165) is 19.7 Å². The van der Waals surface area contributed by atoms with Crippen LogP contribution in [0.25, 0.3) is 0 Å². The van der Waals surface area contributed by atoms with Crippen LogP contribution in [0.1, 0.15) is 46.5 Å². The van der Waals surface area contributed by atoms with Crippen LogP contribution in [0.15, 0.2) is 0 Å². The van der Waals surface area contributed by atoms with E-state index >= 15 is 0 Å². The summed E-state index contributed by atoms with van der Waals surface area (Å²) < 4.78 is 5.07. The second-order valence-electron chi connectivity index (χ2n) is 4.68. The predicted molar refractivity (Wildman–Crippen MR) is 80.0 cm³/mol. The van der Waals surface area contributed by atoms with Gasteiger partial charge in [-0.05, 0) is 42.6 Å². The lowest BCUT2D eigenvalue weighted by atomic mass is 9.78. The Balaban J connectivity index is 3.88. The third kappa shape index (κ3) is 8.06. The lowest BCUT2D eigenvalue weighted by Crippen LogP contribution is -2.35. The molecule has 3 heteroatoms. The van der Waals surface area contributed by atoms with E-state index < -0.39 is 0 Å². The summed E-state index contributed by atoms with van der Waals surface area (Å²) >= 11 is 2.06. The fourth-order valence-corrected chi connectivity index (χ4v) is 2.80. The van der Waals surface area contributed by atoms with Crippen molar-refractivity contribution in [3.8, 4) is 0 Å². The van der Waals surface area contributed by atoms with Crippen molar-refractivity contribution in [1.82, 2.24) is 5.32 Å². The zero-order valence-electron chi connectivity index (χ0n) is 12.2. The fourth-order valence-electron chi connectivity index (χ4n) is 2.16. The highest BCUT2D eigenvalue weighted by Gasteiger charge is 2.24. The van der Waals surface area contributed by atoms with Gasteiger partial charge in [-0.3, -0.25) is 0 Å². The maximum absolute atomic E-state index is 5.07. The number of hydrogen-bond donors (Lipinski definition) is 1. The van der Waals surface area contributed by atoms with E-state index in [1.165, 1.54) is 37.2 Å². The molecule has 0 saturated heterocycles. The van der Waals surface area contributed by atoms with Gasteiger partial charge in [-0.15, -0.1) is 0 Å². The Bertz CT molecular complexity index is 146. The summed E-state index contributed by atoms with van der Waals surface area (Å²) in [6.07, 6.45) is 5.26. The van der Waals surface area contributed by atoms with Gasteiger partial charge in [0.05, 0.1) is 6.61 Å². The molecule has 0 atom stereocenters. The number of methoxy groups -OCH3 is 1. The van der Waals surface area contributed by atoms with Crippen molar-refractivity contribution in [3.63, 3.8) is 0 Å². The molecular formula is C14H31NOS. The fraction of sp³-hybridized carbons (Fsp3) is 1.00. The van der Waals surface area contributed by atoms with Crippen molar-refractivity contribution in [2.24, 2.45) is 5.41 Å². The Hall–Kier alpha value is 0.270. The molecule has 0 saturated carbocycles. The molecule has 1 N–H and O–H groups in total. The number of hydrogen-bond acceptors (Lipinski definition) is 3. The molecule has 0 rings (SSSR count). The van der Waals surface area contributed by atoms with Gasteiger partial charge in [0.2, 0.25) is 0 Å². The normalized spacial score (nSPS) is 12.0. The van der Waals surface area contributed by atoms with Crippen molar-refractivity contribution in [2.45, 2.75) is 46.5 Å². The monoisotopic (exact) mass is 261 g/mol. The highest BCUT2D eigenvalue weighted by molar-refractivity contribution is 7.99. The van der Waals surface area contributed by atoms with E-state index in [4.69, 9.17) is 4.74 Å². The van der Waals surface area contributed by atoms with E-state index in [-0.39, 0.29) is 0 Å². The maximum Gasteiger partial charge on any atom is 0.0587 e. The van der Waals surface area contributed by atoms with E-state index in [1.54, 1.807) is 7.11 Å². The third-order valence-electron chi connectivity index (χ3n) is 3.68. The van der Waals surface area contributed by atoms with Gasteiger partial charge in [0.25, 0.3) is 0 Å². The highest BCUT2D eigenvalue weighted by atomic mass is 32.2. The van der Waals surface area contributed by atoms with Gasteiger partial charge in [-0.25, -0.2) is 0 Å². The van der Waals surface area contributed by atoms with E-state index in [1.807, 2.05) is 0 Å². The summed E-state index contributed by atoms with van der Waals surface area (Å²) in [5.41, 5.74) is 0.502. The van der Waals surface area contributed by atoms with Gasteiger partial charge in [0.1, 0.15) is 0 Å². The van der Waals surface area contributed by atoms with Crippen molar-refractivity contribution in [3.05, 3.63) is 0 Å². The highest BCUT2D eigenvalue weighted by Crippen LogP contribution is 2.31. The van der Waals surface area contributed by atoms with E-state index in [9.17, 15) is 0 Å². The minimum absolute atomic E-state index is 0.502. The smallest absolute Gasteiger partial charge is 0.0587 e. The minimum Gasteiger partial charge on any atom is -0.383 e. The van der Waals surface area contributed by atoms with Crippen molar-refractivity contribution < 1.29 is 4.74 Å². The van der Waals surface area contributed by atoms with Crippen LogP contribution in [0.2, 0.25) is 0 Å². The van der Waals surface area contributed by atoms with Crippen LogP contribution in [0.5, 0.6) is 0 Å². The molecule has 104 valence electrons. The molecule has 0 aliphatic carbocycles. The molecule has 0 aromatic heterocycles. The topological polar surface area (TPSA) is 21.3 Å². The Morgan fingerprint density at radius 3 is 2.41 bits per heavy atom. The number of thioether (sulfide) groups is 1. The van der Waals surface area contributed by atoms with Gasteiger partial charge in [-0.2, -0.15) is 11.8 Å². The van der Waals surface area contributed by atoms with Crippen LogP contribution in [0.4, 0.5) is 0 Å². The lowest BCUT2D eigenvalue weighted by molar-refractivity contribution is 0.181. The first kappa shape index (κ1) is 17.3. The molecule has 0 aliphatic heterocycles. The van der Waals surface area contributed by atoms with E-state index in [2.05, 4.69) is 37.8 Å². The molecule has 17 heavy (non-hydrogen) atoms. The zero-order valence-corrected chi connectivity index (χ0v) is 13.0. The van der Waals surface area contributed by atoms with Gasteiger partial charge in [0.15, 0.2) is 0 Å². The minimum atomic E-state index is 0.502. The van der Waals surface area contributed by atoms with Gasteiger partial charge >= 0.3 is 0 Å². The summed E-state index contributed by atoms with van der Waals surface area (Å²) in [4.78, 5) is 0. The zero-order chi connectivity index (χ0) is 13.0. The van der Waals surface area contributed by atoms with Crippen LogP contribution < -0.4 is 5.32 Å². The Labute approximate surface area is 112 Å². The number of ether oxygens (including phenoxy) is 1. The van der Waals surface area contributed by atoms with Crippen molar-refractivity contribution >= 4 is 11.8 Å². The van der Waals surface area contributed by atoms with Crippen molar-refractivity contribution in [2.75, 3.05) is 38.3 Å². The first-order valence-electron chi connectivity index (χ1n) is 7.02. The Morgan fingerprint density at radius 2 is 1.88 bits per heavy atom. The van der Waals surface area contributed by atoms with E-state index in [0.29, 0.717) is 5.41 Å². The van der Waals surface area contributed by atoms with Crippen LogP contribution in [-0.2, 0) is 4.74 Å². The average Bonchev–Trinajstić information content (AvgIpc) is 2.37. The molecule has 0 radical (unpaired) electrons. The molecule has 0 aromatic carbocycles. The Morgan fingerprint density at radius 1 is 1.18 bits per heavy atom. The van der Waals surface area contributed by atoms with Crippen LogP contribution in [-0.4, -0.2) is 38.3 Å². The third-order valence-corrected chi connectivity index (χ3v) is 4.67. The maximum atomic E-state index is 5.07. The van der Waals surface area contributed by atoms with Crippen molar-refractivity contribution in [1.29, 1.82) is 0 Å². The molecule has 0 amide bonds. The molecule has 0 heterocycles. The summed E-state index contributed by atoms with van der Waals surface area (Å²) in [6.45, 7) is 9.82. The SMILES string of the molecule is CCSCCCC(CC)(CC)CNCCOC. The molecule has 0 bridgehead atoms. The van der Waals surface area contributed by atoms with Crippen LogP contribution in [0, 0.1) is 5.41 Å². The predicted octanol–water partition coefficient (Wildman–Crippen LogP) is 3.56. The first-order valence-corrected chi connectivity index (χ1v) is 8.17. The second kappa shape index (κ2) is 11.4. The average molecular weight is 261 g/mol.